The van der Waals surface area contributed by atoms with Crippen molar-refractivity contribution in [2.75, 3.05) is 6.54 Å². The van der Waals surface area contributed by atoms with Crippen LogP contribution in [-0.4, -0.2) is 26.8 Å². The van der Waals surface area contributed by atoms with Crippen LogP contribution in [0.15, 0.2) is 18.2 Å². The molecule has 0 bridgehead atoms. The second-order valence-electron chi connectivity index (χ2n) is 4.21. The van der Waals surface area contributed by atoms with Crippen LogP contribution >= 0.6 is 0 Å². The van der Waals surface area contributed by atoms with Crippen molar-refractivity contribution in [3.05, 3.63) is 41.2 Å². The molecule has 0 saturated heterocycles. The van der Waals surface area contributed by atoms with Gasteiger partial charge in [0, 0.05) is 5.56 Å². The minimum absolute atomic E-state index is 0.0587. The summed E-state index contributed by atoms with van der Waals surface area (Å²) in [5, 5.41) is 14.5. The molecule has 102 valence electrons. The third-order valence-corrected chi connectivity index (χ3v) is 2.79. The minimum atomic E-state index is -0.481. The van der Waals surface area contributed by atoms with Crippen LogP contribution in [0.4, 0.5) is 8.78 Å². The zero-order chi connectivity index (χ0) is 13.8. The van der Waals surface area contributed by atoms with E-state index < -0.39 is 11.6 Å². The van der Waals surface area contributed by atoms with Crippen LogP contribution in [0.2, 0.25) is 0 Å². The fourth-order valence-corrected chi connectivity index (χ4v) is 1.86. The average molecular weight is 267 g/mol. The summed E-state index contributed by atoms with van der Waals surface area (Å²) in [5.41, 5.74) is 0.220. The highest BCUT2D eigenvalue weighted by Gasteiger charge is 2.15. The molecular weight excluding hydrogens is 252 g/mol. The van der Waals surface area contributed by atoms with Crippen LogP contribution in [0.5, 0.6) is 0 Å². The number of nitrogens with zero attached hydrogens (tertiary/aromatic N) is 4. The molecule has 19 heavy (non-hydrogen) atoms. The van der Waals surface area contributed by atoms with E-state index in [9.17, 15) is 8.78 Å². The van der Waals surface area contributed by atoms with Gasteiger partial charge < -0.3 is 5.32 Å². The van der Waals surface area contributed by atoms with E-state index in [1.807, 2.05) is 13.8 Å². The lowest BCUT2D eigenvalue weighted by atomic mass is 10.2. The van der Waals surface area contributed by atoms with Gasteiger partial charge in [-0.25, -0.2) is 13.5 Å². The summed E-state index contributed by atoms with van der Waals surface area (Å²) in [4.78, 5) is 0. The summed E-state index contributed by atoms with van der Waals surface area (Å²) in [5.74, 6) is -0.366. The van der Waals surface area contributed by atoms with Crippen molar-refractivity contribution in [2.24, 2.45) is 0 Å². The lowest BCUT2D eigenvalue weighted by Crippen LogP contribution is -2.22. The van der Waals surface area contributed by atoms with E-state index in [4.69, 9.17) is 0 Å². The Labute approximate surface area is 109 Å². The van der Waals surface area contributed by atoms with E-state index in [1.165, 1.54) is 4.68 Å². The monoisotopic (exact) mass is 267 g/mol. The van der Waals surface area contributed by atoms with Gasteiger partial charge >= 0.3 is 0 Å². The van der Waals surface area contributed by atoms with Crippen molar-refractivity contribution in [1.29, 1.82) is 0 Å². The van der Waals surface area contributed by atoms with Crippen molar-refractivity contribution in [2.45, 2.75) is 26.4 Å². The fraction of sp³-hybridized carbons (Fsp3) is 0.417. The third kappa shape index (κ3) is 3.11. The first kappa shape index (κ1) is 13.5. The Bertz CT molecular complexity index is 555. The zero-order valence-corrected chi connectivity index (χ0v) is 10.8. The van der Waals surface area contributed by atoms with Crippen molar-refractivity contribution in [3.63, 3.8) is 0 Å². The number of hydrogen-bond donors (Lipinski definition) is 1. The van der Waals surface area contributed by atoms with Crippen LogP contribution in [-0.2, 0) is 6.54 Å². The summed E-state index contributed by atoms with van der Waals surface area (Å²) >= 11 is 0. The Morgan fingerprint density at radius 3 is 2.89 bits per heavy atom. The highest BCUT2D eigenvalue weighted by molar-refractivity contribution is 5.19. The molecule has 1 atom stereocenters. The van der Waals surface area contributed by atoms with E-state index in [0.29, 0.717) is 5.82 Å². The van der Waals surface area contributed by atoms with E-state index in [2.05, 4.69) is 20.8 Å². The van der Waals surface area contributed by atoms with Gasteiger partial charge in [0.15, 0.2) is 5.82 Å². The molecule has 7 heteroatoms. The van der Waals surface area contributed by atoms with Crippen LogP contribution in [0.3, 0.4) is 0 Å². The Morgan fingerprint density at radius 2 is 2.16 bits per heavy atom. The molecule has 0 aliphatic heterocycles. The van der Waals surface area contributed by atoms with Gasteiger partial charge in [-0.05, 0) is 42.1 Å². The Balaban J connectivity index is 2.24. The number of rotatable bonds is 5. The molecule has 0 spiro atoms. The Kier molecular flexibility index (Phi) is 4.16. The van der Waals surface area contributed by atoms with Gasteiger partial charge in [-0.1, -0.05) is 6.92 Å². The predicted octanol–water partition coefficient (Wildman–Crippen LogP) is 1.67. The molecule has 1 heterocycles. The largest absolute Gasteiger partial charge is 0.308 e. The third-order valence-electron chi connectivity index (χ3n) is 2.79. The smallest absolute Gasteiger partial charge is 0.168 e. The average Bonchev–Trinajstić information content (AvgIpc) is 2.82. The van der Waals surface area contributed by atoms with E-state index in [1.54, 1.807) is 0 Å². The van der Waals surface area contributed by atoms with Crippen molar-refractivity contribution >= 4 is 0 Å². The normalized spacial score (nSPS) is 12.6. The first-order valence-electron chi connectivity index (χ1n) is 6.05. The van der Waals surface area contributed by atoms with Crippen molar-refractivity contribution in [1.82, 2.24) is 25.5 Å². The number of hydrogen-bond acceptors (Lipinski definition) is 4. The number of tetrazole rings is 1. The topological polar surface area (TPSA) is 55.6 Å². The molecule has 1 aromatic carbocycles. The molecule has 1 unspecified atom stereocenters. The zero-order valence-electron chi connectivity index (χ0n) is 10.8. The minimum Gasteiger partial charge on any atom is -0.308 e. The molecule has 5 nitrogen and oxygen atoms in total. The van der Waals surface area contributed by atoms with Crippen LogP contribution in [0.25, 0.3) is 0 Å². The summed E-state index contributed by atoms with van der Waals surface area (Å²) in [6.45, 7) is 4.74. The molecule has 2 rings (SSSR count). The first-order valence-corrected chi connectivity index (χ1v) is 6.05. The van der Waals surface area contributed by atoms with Gasteiger partial charge in [0.1, 0.15) is 11.6 Å². The highest BCUT2D eigenvalue weighted by atomic mass is 19.1. The molecular formula is C12H15F2N5. The molecule has 0 fully saturated rings. The molecule has 0 saturated carbocycles. The number of benzene rings is 1. The molecule has 1 aromatic heterocycles. The first-order chi connectivity index (χ1) is 9.11. The standard InChI is InChI=1S/C12H15F2N5/c1-3-15-8(2)12-16-17-18-19(12)7-9-6-10(13)4-5-11(9)14/h4-6,8,15H,3,7H2,1-2H3. The molecule has 2 aromatic rings. The van der Waals surface area contributed by atoms with E-state index >= 15 is 0 Å². The van der Waals surface area contributed by atoms with Gasteiger partial charge in [0.05, 0.1) is 12.6 Å². The Hall–Kier alpha value is -1.89. The van der Waals surface area contributed by atoms with Gasteiger partial charge in [0.25, 0.3) is 0 Å². The lowest BCUT2D eigenvalue weighted by molar-refractivity contribution is 0.504. The highest BCUT2D eigenvalue weighted by Crippen LogP contribution is 2.14. The summed E-state index contributed by atoms with van der Waals surface area (Å²) in [6, 6.07) is 3.28. The van der Waals surface area contributed by atoms with Crippen molar-refractivity contribution < 1.29 is 8.78 Å². The maximum absolute atomic E-state index is 13.6. The number of aromatic nitrogens is 4. The molecule has 0 aliphatic carbocycles. The molecule has 0 radical (unpaired) electrons. The van der Waals surface area contributed by atoms with Gasteiger partial charge in [-0.15, -0.1) is 5.10 Å². The number of halogens is 2. The van der Waals surface area contributed by atoms with E-state index in [0.717, 1.165) is 24.7 Å². The molecule has 0 aliphatic rings. The maximum Gasteiger partial charge on any atom is 0.168 e. The lowest BCUT2D eigenvalue weighted by Gasteiger charge is -2.12. The van der Waals surface area contributed by atoms with Gasteiger partial charge in [-0.2, -0.15) is 0 Å². The fourth-order valence-electron chi connectivity index (χ4n) is 1.86. The summed E-state index contributed by atoms with van der Waals surface area (Å²) in [6.07, 6.45) is 0. The van der Waals surface area contributed by atoms with Crippen LogP contribution < -0.4 is 5.32 Å². The van der Waals surface area contributed by atoms with Gasteiger partial charge in [-0.3, -0.25) is 0 Å². The van der Waals surface area contributed by atoms with Crippen LogP contribution in [0.1, 0.15) is 31.3 Å². The Morgan fingerprint density at radius 1 is 1.37 bits per heavy atom. The van der Waals surface area contributed by atoms with Gasteiger partial charge in [0.2, 0.25) is 0 Å². The van der Waals surface area contributed by atoms with Crippen LogP contribution in [0, 0.1) is 11.6 Å². The maximum atomic E-state index is 13.6. The SMILES string of the molecule is CCNC(C)c1nnnn1Cc1cc(F)ccc1F. The second kappa shape index (κ2) is 5.83. The summed E-state index contributed by atoms with van der Waals surface area (Å²) < 4.78 is 28.2. The van der Waals surface area contributed by atoms with Crippen molar-refractivity contribution in [3.8, 4) is 0 Å². The van der Waals surface area contributed by atoms with E-state index in [-0.39, 0.29) is 18.2 Å². The predicted molar refractivity (Wildman–Crippen MR) is 65.4 cm³/mol. The summed E-state index contributed by atoms with van der Waals surface area (Å²) in [7, 11) is 0. The number of nitrogens with one attached hydrogen (secondary N) is 1. The second-order valence-corrected chi connectivity index (χ2v) is 4.21. The quantitative estimate of drug-likeness (QED) is 0.895. The molecule has 0 amide bonds. The molecule has 1 N–H and O–H groups in total.